The summed E-state index contributed by atoms with van der Waals surface area (Å²) in [6.07, 6.45) is -1.23. The molecule has 0 saturated heterocycles. The molecular formula is C15H18FNO5. The highest BCUT2D eigenvalue weighted by molar-refractivity contribution is 6.06. The lowest BCUT2D eigenvalue weighted by Crippen LogP contribution is -2.28. The Balaban J connectivity index is 2.30. The summed E-state index contributed by atoms with van der Waals surface area (Å²) in [6.45, 7) is 4.12. The predicted molar refractivity (Wildman–Crippen MR) is 76.4 cm³/mol. The van der Waals surface area contributed by atoms with Crippen molar-refractivity contribution in [2.24, 2.45) is 5.16 Å². The van der Waals surface area contributed by atoms with Crippen LogP contribution in [0, 0.1) is 5.82 Å². The molecule has 6 nitrogen and oxygen atoms in total. The third-order valence-electron chi connectivity index (χ3n) is 3.12. The fourth-order valence-corrected chi connectivity index (χ4v) is 2.07. The number of oxime groups is 1. The summed E-state index contributed by atoms with van der Waals surface area (Å²) >= 11 is 0. The first-order valence-electron chi connectivity index (χ1n) is 6.92. The second-order valence-corrected chi connectivity index (χ2v) is 4.64. The van der Waals surface area contributed by atoms with E-state index in [9.17, 15) is 9.18 Å². The highest BCUT2D eigenvalue weighted by Crippen LogP contribution is 2.26. The molecule has 0 aliphatic carbocycles. The topological polar surface area (TPSA) is 66.3 Å². The van der Waals surface area contributed by atoms with E-state index in [-0.39, 0.29) is 6.61 Å². The number of esters is 1. The second kappa shape index (κ2) is 7.22. The van der Waals surface area contributed by atoms with Crippen molar-refractivity contribution < 1.29 is 28.2 Å². The molecule has 0 unspecified atom stereocenters. The molecule has 0 radical (unpaired) electrons. The maximum atomic E-state index is 13.6. The minimum absolute atomic E-state index is 0.256. The van der Waals surface area contributed by atoms with Crippen LogP contribution in [-0.4, -0.2) is 44.2 Å². The largest absolute Gasteiger partial charge is 0.478 e. The van der Waals surface area contributed by atoms with Gasteiger partial charge in [-0.1, -0.05) is 5.16 Å². The van der Waals surface area contributed by atoms with E-state index in [1.165, 1.54) is 25.3 Å². The van der Waals surface area contributed by atoms with Gasteiger partial charge in [-0.2, -0.15) is 0 Å². The van der Waals surface area contributed by atoms with Gasteiger partial charge in [-0.05, 0) is 32.0 Å². The van der Waals surface area contributed by atoms with Crippen molar-refractivity contribution in [3.8, 4) is 5.75 Å². The van der Waals surface area contributed by atoms with Crippen molar-refractivity contribution in [2.45, 2.75) is 26.1 Å². The van der Waals surface area contributed by atoms with Crippen LogP contribution >= 0.6 is 0 Å². The molecule has 2 rings (SSSR count). The van der Waals surface area contributed by atoms with Crippen molar-refractivity contribution in [3.05, 3.63) is 29.6 Å². The Bertz CT molecular complexity index is 575. The van der Waals surface area contributed by atoms with Gasteiger partial charge in [0.25, 0.3) is 0 Å². The molecule has 120 valence electrons. The Morgan fingerprint density at radius 1 is 1.55 bits per heavy atom. The van der Waals surface area contributed by atoms with E-state index < -0.39 is 24.0 Å². The Morgan fingerprint density at radius 2 is 2.32 bits per heavy atom. The molecular weight excluding hydrogens is 293 g/mol. The first-order valence-corrected chi connectivity index (χ1v) is 6.92. The summed E-state index contributed by atoms with van der Waals surface area (Å²) in [5.41, 5.74) is 0.833. The molecule has 1 heterocycles. The number of benzene rings is 1. The number of carbonyl (C=O) groups is 1. The zero-order valence-electron chi connectivity index (χ0n) is 12.7. The Hall–Kier alpha value is -2.15. The standard InChI is InChI=1S/C15H18FNO5/c1-4-20-13-8-21-17-14(13)11-7-10(16)5-6-12(11)22-9(2)15(18)19-3/h5-7,9,13H,4,8H2,1-3H3/t9-,13+/m0/s1. The van der Waals surface area contributed by atoms with Crippen molar-refractivity contribution in [1.82, 2.24) is 0 Å². The molecule has 1 aromatic rings. The third-order valence-corrected chi connectivity index (χ3v) is 3.12. The van der Waals surface area contributed by atoms with Crippen molar-refractivity contribution in [2.75, 3.05) is 20.3 Å². The number of nitrogens with zero attached hydrogens (tertiary/aromatic N) is 1. The third kappa shape index (κ3) is 3.54. The van der Waals surface area contributed by atoms with Crippen LogP contribution in [0.4, 0.5) is 4.39 Å². The van der Waals surface area contributed by atoms with E-state index in [1.54, 1.807) is 6.92 Å². The van der Waals surface area contributed by atoms with E-state index in [2.05, 4.69) is 9.89 Å². The minimum atomic E-state index is -0.831. The van der Waals surface area contributed by atoms with Gasteiger partial charge in [-0.3, -0.25) is 0 Å². The van der Waals surface area contributed by atoms with Crippen LogP contribution < -0.4 is 4.74 Å². The van der Waals surface area contributed by atoms with E-state index in [0.29, 0.717) is 23.6 Å². The van der Waals surface area contributed by atoms with Gasteiger partial charge in [-0.25, -0.2) is 9.18 Å². The van der Waals surface area contributed by atoms with Crippen molar-refractivity contribution in [3.63, 3.8) is 0 Å². The average molecular weight is 311 g/mol. The van der Waals surface area contributed by atoms with E-state index in [1.807, 2.05) is 6.92 Å². The van der Waals surface area contributed by atoms with Crippen LogP contribution in [0.3, 0.4) is 0 Å². The highest BCUT2D eigenvalue weighted by Gasteiger charge is 2.29. The number of halogens is 1. The van der Waals surface area contributed by atoms with Crippen LogP contribution in [0.15, 0.2) is 23.4 Å². The van der Waals surface area contributed by atoms with Crippen LogP contribution in [0.2, 0.25) is 0 Å². The summed E-state index contributed by atoms with van der Waals surface area (Å²) in [7, 11) is 1.27. The first-order chi connectivity index (χ1) is 10.6. The molecule has 0 amide bonds. The summed E-state index contributed by atoms with van der Waals surface area (Å²) in [5.74, 6) is -0.660. The van der Waals surface area contributed by atoms with Gasteiger partial charge in [0, 0.05) is 12.2 Å². The lowest BCUT2D eigenvalue weighted by molar-refractivity contribution is -0.147. The van der Waals surface area contributed by atoms with Gasteiger partial charge in [0.2, 0.25) is 0 Å². The molecule has 1 aromatic carbocycles. The molecule has 0 saturated carbocycles. The van der Waals surface area contributed by atoms with Crippen LogP contribution in [0.25, 0.3) is 0 Å². The first kappa shape index (κ1) is 16.2. The fraction of sp³-hybridized carbons (Fsp3) is 0.467. The van der Waals surface area contributed by atoms with Crippen molar-refractivity contribution in [1.29, 1.82) is 0 Å². The number of carbonyl (C=O) groups excluding carboxylic acids is 1. The second-order valence-electron chi connectivity index (χ2n) is 4.64. The number of rotatable bonds is 6. The Labute approximate surface area is 127 Å². The van der Waals surface area contributed by atoms with Gasteiger partial charge in [-0.15, -0.1) is 0 Å². The van der Waals surface area contributed by atoms with Crippen LogP contribution in [0.1, 0.15) is 19.4 Å². The minimum Gasteiger partial charge on any atom is -0.478 e. The van der Waals surface area contributed by atoms with E-state index in [4.69, 9.17) is 14.3 Å². The molecule has 0 fully saturated rings. The molecule has 1 aliphatic heterocycles. The summed E-state index contributed by atoms with van der Waals surface area (Å²) in [4.78, 5) is 16.5. The monoisotopic (exact) mass is 311 g/mol. The lowest BCUT2D eigenvalue weighted by Gasteiger charge is -2.17. The Kier molecular flexibility index (Phi) is 5.32. The molecule has 0 N–H and O–H groups in total. The quantitative estimate of drug-likeness (QED) is 0.751. The molecule has 0 aromatic heterocycles. The summed E-state index contributed by atoms with van der Waals surface area (Å²) in [6, 6.07) is 3.96. The predicted octanol–water partition coefficient (Wildman–Crippen LogP) is 1.91. The zero-order chi connectivity index (χ0) is 16.1. The SMILES string of the molecule is CCO[C@@H]1CON=C1c1cc(F)ccc1O[C@@H](C)C(=O)OC. The van der Waals surface area contributed by atoms with Crippen molar-refractivity contribution >= 4 is 11.7 Å². The van der Waals surface area contributed by atoms with Crippen LogP contribution in [-0.2, 0) is 19.1 Å². The van der Waals surface area contributed by atoms with Gasteiger partial charge in [0.1, 0.15) is 30.0 Å². The average Bonchev–Trinajstić information content (AvgIpc) is 2.96. The van der Waals surface area contributed by atoms with Crippen LogP contribution in [0.5, 0.6) is 5.75 Å². The van der Waals surface area contributed by atoms with Gasteiger partial charge in [0.05, 0.1) is 7.11 Å². The fourth-order valence-electron chi connectivity index (χ4n) is 2.07. The smallest absolute Gasteiger partial charge is 0.346 e. The lowest BCUT2D eigenvalue weighted by atomic mass is 10.0. The normalized spacial score (nSPS) is 18.4. The number of hydrogen-bond acceptors (Lipinski definition) is 6. The maximum Gasteiger partial charge on any atom is 0.346 e. The highest BCUT2D eigenvalue weighted by atomic mass is 19.1. The molecule has 7 heteroatoms. The Morgan fingerprint density at radius 3 is 3.00 bits per heavy atom. The molecule has 0 bridgehead atoms. The number of ether oxygens (including phenoxy) is 3. The zero-order valence-corrected chi connectivity index (χ0v) is 12.7. The van der Waals surface area contributed by atoms with Gasteiger partial charge >= 0.3 is 5.97 Å². The van der Waals surface area contributed by atoms with Gasteiger partial charge in [0.15, 0.2) is 6.10 Å². The van der Waals surface area contributed by atoms with Gasteiger partial charge < -0.3 is 19.0 Å². The van der Waals surface area contributed by atoms with E-state index in [0.717, 1.165) is 0 Å². The summed E-state index contributed by atoms with van der Waals surface area (Å²) < 4.78 is 29.3. The molecule has 22 heavy (non-hydrogen) atoms. The number of methoxy groups -OCH3 is 1. The molecule has 1 aliphatic rings. The van der Waals surface area contributed by atoms with E-state index >= 15 is 0 Å². The number of hydrogen-bond donors (Lipinski definition) is 0. The molecule has 0 spiro atoms. The molecule has 2 atom stereocenters. The summed E-state index contributed by atoms with van der Waals surface area (Å²) in [5, 5.41) is 3.91. The maximum absolute atomic E-state index is 13.6.